The summed E-state index contributed by atoms with van der Waals surface area (Å²) in [7, 11) is -2.13. The fourth-order valence-corrected chi connectivity index (χ4v) is 4.33. The number of methoxy groups -OCH3 is 1. The summed E-state index contributed by atoms with van der Waals surface area (Å²) in [4.78, 5) is 8.26. The number of phenolic OH excluding ortho intramolecular Hbond substituents is 1. The standard InChI is InChI=1S/C17H14N2O4S2/c1-23-15-4-2-3-12(16(15)20)11-19-13-5-7-14(8-6-13)25(21,22)17-18-9-10-24-17/h2-11,20H,1H3. The highest BCUT2D eigenvalue weighted by Gasteiger charge is 2.19. The van der Waals surface area contributed by atoms with Gasteiger partial charge in [-0.25, -0.2) is 13.4 Å². The zero-order valence-corrected chi connectivity index (χ0v) is 14.8. The minimum atomic E-state index is -3.60. The van der Waals surface area contributed by atoms with Crippen molar-refractivity contribution in [2.45, 2.75) is 9.24 Å². The van der Waals surface area contributed by atoms with Crippen LogP contribution in [0.25, 0.3) is 0 Å². The summed E-state index contributed by atoms with van der Waals surface area (Å²) in [5.41, 5.74) is 1.05. The molecule has 6 nitrogen and oxygen atoms in total. The van der Waals surface area contributed by atoms with Crippen LogP contribution < -0.4 is 4.74 Å². The molecular weight excluding hydrogens is 360 g/mol. The number of thiazole rings is 1. The Morgan fingerprint density at radius 1 is 1.20 bits per heavy atom. The maximum Gasteiger partial charge on any atom is 0.233 e. The summed E-state index contributed by atoms with van der Waals surface area (Å²) in [6.07, 6.45) is 2.94. The lowest BCUT2D eigenvalue weighted by molar-refractivity contribution is 0.373. The highest BCUT2D eigenvalue weighted by Crippen LogP contribution is 2.29. The van der Waals surface area contributed by atoms with Gasteiger partial charge in [0.25, 0.3) is 0 Å². The first kappa shape index (κ1) is 17.1. The zero-order valence-electron chi connectivity index (χ0n) is 13.2. The number of hydrogen-bond donors (Lipinski definition) is 1. The summed E-state index contributed by atoms with van der Waals surface area (Å²) < 4.78 is 29.8. The second-order valence-corrected chi connectivity index (χ2v) is 7.97. The van der Waals surface area contributed by atoms with E-state index in [9.17, 15) is 13.5 Å². The fraction of sp³-hybridized carbons (Fsp3) is 0.0588. The van der Waals surface area contributed by atoms with Crippen molar-refractivity contribution in [1.29, 1.82) is 0 Å². The molecule has 0 spiro atoms. The number of phenols is 1. The molecule has 0 bridgehead atoms. The van der Waals surface area contributed by atoms with Crippen molar-refractivity contribution in [3.05, 3.63) is 59.6 Å². The van der Waals surface area contributed by atoms with Crippen LogP contribution in [0.1, 0.15) is 5.56 Å². The van der Waals surface area contributed by atoms with E-state index in [0.717, 1.165) is 11.3 Å². The number of nitrogens with zero attached hydrogens (tertiary/aromatic N) is 2. The van der Waals surface area contributed by atoms with Gasteiger partial charge in [-0.3, -0.25) is 4.99 Å². The van der Waals surface area contributed by atoms with Crippen LogP contribution in [-0.2, 0) is 9.84 Å². The molecule has 0 radical (unpaired) electrons. The Bertz CT molecular complexity index is 996. The number of rotatable bonds is 5. The number of para-hydroxylation sites is 1. The van der Waals surface area contributed by atoms with Gasteiger partial charge in [0, 0.05) is 23.4 Å². The van der Waals surface area contributed by atoms with Crippen molar-refractivity contribution in [1.82, 2.24) is 4.98 Å². The van der Waals surface area contributed by atoms with Crippen molar-refractivity contribution in [3.8, 4) is 11.5 Å². The van der Waals surface area contributed by atoms with E-state index >= 15 is 0 Å². The Balaban J connectivity index is 1.84. The van der Waals surface area contributed by atoms with Crippen LogP contribution in [0.3, 0.4) is 0 Å². The summed E-state index contributed by atoms with van der Waals surface area (Å²) in [5.74, 6) is 0.352. The maximum atomic E-state index is 12.4. The van der Waals surface area contributed by atoms with Crippen molar-refractivity contribution in [3.63, 3.8) is 0 Å². The second-order valence-electron chi connectivity index (χ2n) is 4.95. The van der Waals surface area contributed by atoms with E-state index in [1.54, 1.807) is 35.7 Å². The Labute approximate surface area is 149 Å². The molecule has 1 heterocycles. The van der Waals surface area contributed by atoms with E-state index in [1.165, 1.54) is 31.7 Å². The van der Waals surface area contributed by atoms with E-state index in [0.29, 0.717) is 17.0 Å². The van der Waals surface area contributed by atoms with Crippen molar-refractivity contribution in [2.24, 2.45) is 4.99 Å². The molecule has 0 aliphatic rings. The van der Waals surface area contributed by atoms with Gasteiger partial charge < -0.3 is 9.84 Å². The monoisotopic (exact) mass is 374 g/mol. The molecule has 0 saturated heterocycles. The quantitative estimate of drug-likeness (QED) is 0.691. The van der Waals surface area contributed by atoms with Gasteiger partial charge in [0.15, 0.2) is 11.5 Å². The predicted octanol–water partition coefficient (Wildman–Crippen LogP) is 3.44. The number of aromatic nitrogens is 1. The number of benzene rings is 2. The Morgan fingerprint density at radius 2 is 1.96 bits per heavy atom. The molecule has 0 amide bonds. The molecule has 128 valence electrons. The third-order valence-corrected chi connectivity index (χ3v) is 6.36. The SMILES string of the molecule is COc1cccc(C=Nc2ccc(S(=O)(=O)c3nccs3)cc2)c1O. The average molecular weight is 374 g/mol. The molecule has 0 aliphatic heterocycles. The molecule has 1 N–H and O–H groups in total. The fourth-order valence-electron chi connectivity index (χ4n) is 2.11. The topological polar surface area (TPSA) is 88.9 Å². The van der Waals surface area contributed by atoms with Gasteiger partial charge in [0.05, 0.1) is 17.7 Å². The molecule has 2 aromatic carbocycles. The molecule has 3 aromatic rings. The first-order chi connectivity index (χ1) is 12.0. The lowest BCUT2D eigenvalue weighted by atomic mass is 10.2. The van der Waals surface area contributed by atoms with Crippen LogP contribution >= 0.6 is 11.3 Å². The molecule has 0 aliphatic carbocycles. The first-order valence-corrected chi connectivity index (χ1v) is 9.53. The van der Waals surface area contributed by atoms with Crippen LogP contribution in [0.2, 0.25) is 0 Å². The molecule has 0 atom stereocenters. The van der Waals surface area contributed by atoms with Gasteiger partial charge >= 0.3 is 0 Å². The normalized spacial score (nSPS) is 11.7. The van der Waals surface area contributed by atoms with Gasteiger partial charge in [0.1, 0.15) is 0 Å². The van der Waals surface area contributed by atoms with Gasteiger partial charge in [0.2, 0.25) is 14.2 Å². The highest BCUT2D eigenvalue weighted by molar-refractivity contribution is 7.93. The maximum absolute atomic E-state index is 12.4. The average Bonchev–Trinajstić information content (AvgIpc) is 3.17. The van der Waals surface area contributed by atoms with Crippen LogP contribution in [0.5, 0.6) is 11.5 Å². The zero-order chi connectivity index (χ0) is 17.9. The van der Waals surface area contributed by atoms with Gasteiger partial charge in [-0.2, -0.15) is 0 Å². The van der Waals surface area contributed by atoms with Crippen LogP contribution in [0, 0.1) is 0 Å². The minimum Gasteiger partial charge on any atom is -0.504 e. The van der Waals surface area contributed by atoms with E-state index in [2.05, 4.69) is 9.98 Å². The Kier molecular flexibility index (Phi) is 4.82. The molecular formula is C17H14N2O4S2. The smallest absolute Gasteiger partial charge is 0.233 e. The second kappa shape index (κ2) is 7.04. The van der Waals surface area contributed by atoms with Crippen LogP contribution in [0.4, 0.5) is 5.69 Å². The number of sulfone groups is 1. The van der Waals surface area contributed by atoms with Crippen LogP contribution in [0.15, 0.2) is 68.3 Å². The molecule has 0 unspecified atom stereocenters. The minimum absolute atomic E-state index is 0.00304. The van der Waals surface area contributed by atoms with Gasteiger partial charge in [-0.1, -0.05) is 6.07 Å². The van der Waals surface area contributed by atoms with E-state index in [-0.39, 0.29) is 15.0 Å². The highest BCUT2D eigenvalue weighted by atomic mass is 32.2. The van der Waals surface area contributed by atoms with Crippen LogP contribution in [-0.4, -0.2) is 31.8 Å². The van der Waals surface area contributed by atoms with Gasteiger partial charge in [-0.05, 0) is 36.4 Å². The number of aliphatic imine (C=N–C) groups is 1. The van der Waals surface area contributed by atoms with E-state index in [1.807, 2.05) is 0 Å². The molecule has 25 heavy (non-hydrogen) atoms. The molecule has 0 saturated carbocycles. The summed E-state index contributed by atoms with van der Waals surface area (Å²) in [5, 5.41) is 11.6. The van der Waals surface area contributed by atoms with Crippen molar-refractivity contribution >= 4 is 33.1 Å². The molecule has 0 fully saturated rings. The summed E-state index contributed by atoms with van der Waals surface area (Å²) in [6, 6.07) is 11.2. The van der Waals surface area contributed by atoms with Crippen molar-refractivity contribution in [2.75, 3.05) is 7.11 Å². The lowest BCUT2D eigenvalue weighted by Crippen LogP contribution is -2.00. The largest absolute Gasteiger partial charge is 0.504 e. The molecule has 1 aromatic heterocycles. The van der Waals surface area contributed by atoms with E-state index in [4.69, 9.17) is 4.74 Å². The first-order valence-electron chi connectivity index (χ1n) is 7.17. The molecule has 3 rings (SSSR count). The Hall–Kier alpha value is -2.71. The predicted molar refractivity (Wildman–Crippen MR) is 95.9 cm³/mol. The third kappa shape index (κ3) is 3.54. The Morgan fingerprint density at radius 3 is 2.60 bits per heavy atom. The number of hydrogen-bond acceptors (Lipinski definition) is 7. The third-order valence-electron chi connectivity index (χ3n) is 3.39. The van der Waals surface area contributed by atoms with Crippen molar-refractivity contribution < 1.29 is 18.3 Å². The molecule has 8 heteroatoms. The summed E-state index contributed by atoms with van der Waals surface area (Å²) >= 11 is 1.07. The van der Waals surface area contributed by atoms with Gasteiger partial charge in [-0.15, -0.1) is 11.3 Å². The lowest BCUT2D eigenvalue weighted by Gasteiger charge is -2.05. The van der Waals surface area contributed by atoms with E-state index < -0.39 is 9.84 Å². The number of ether oxygens (including phenoxy) is 1. The summed E-state index contributed by atoms with van der Waals surface area (Å²) in [6.45, 7) is 0. The number of aromatic hydroxyl groups is 1.